The number of nitrogens with two attached hydrogens (primary N) is 1. The molecule has 2 rings (SSSR count). The standard InChI is InChI=1S/C15H13FN2O3/c16-11-4-1-10(2-5-11)3-8-14(19)18-9-12-6-7-13(21-12)15(17)20/h1-8H,9H2,(H2,17,20)(H,18,19)/b8-3+. The first kappa shape index (κ1) is 14.5. The summed E-state index contributed by atoms with van der Waals surface area (Å²) < 4.78 is 17.8. The highest BCUT2D eigenvalue weighted by Gasteiger charge is 2.07. The van der Waals surface area contributed by atoms with Gasteiger partial charge in [-0.2, -0.15) is 0 Å². The summed E-state index contributed by atoms with van der Waals surface area (Å²) in [6.45, 7) is 0.139. The highest BCUT2D eigenvalue weighted by Crippen LogP contribution is 2.07. The molecule has 5 nitrogen and oxygen atoms in total. The molecule has 0 aliphatic carbocycles. The number of carbonyl (C=O) groups excluding carboxylic acids is 2. The Bertz CT molecular complexity index is 674. The number of nitrogens with one attached hydrogen (secondary N) is 1. The molecule has 0 unspecified atom stereocenters. The smallest absolute Gasteiger partial charge is 0.284 e. The molecular weight excluding hydrogens is 275 g/mol. The van der Waals surface area contributed by atoms with E-state index in [-0.39, 0.29) is 24.0 Å². The third-order valence-electron chi connectivity index (χ3n) is 2.64. The normalized spacial score (nSPS) is 10.7. The quantitative estimate of drug-likeness (QED) is 0.823. The molecule has 0 bridgehead atoms. The van der Waals surface area contributed by atoms with Gasteiger partial charge in [0.15, 0.2) is 5.76 Å². The van der Waals surface area contributed by atoms with Gasteiger partial charge in [-0.15, -0.1) is 0 Å². The maximum atomic E-state index is 12.7. The van der Waals surface area contributed by atoms with Crippen molar-refractivity contribution in [3.05, 3.63) is 65.4 Å². The zero-order valence-corrected chi connectivity index (χ0v) is 11.0. The second-order valence-electron chi connectivity index (χ2n) is 4.23. The lowest BCUT2D eigenvalue weighted by Crippen LogP contribution is -2.19. The summed E-state index contributed by atoms with van der Waals surface area (Å²) in [5.41, 5.74) is 5.76. The number of amides is 2. The van der Waals surface area contributed by atoms with E-state index in [1.165, 1.54) is 24.3 Å². The van der Waals surface area contributed by atoms with E-state index in [0.717, 1.165) is 0 Å². The number of rotatable bonds is 5. The number of carbonyl (C=O) groups is 2. The van der Waals surface area contributed by atoms with E-state index in [1.54, 1.807) is 24.3 Å². The van der Waals surface area contributed by atoms with Gasteiger partial charge in [-0.1, -0.05) is 12.1 Å². The van der Waals surface area contributed by atoms with E-state index < -0.39 is 5.91 Å². The Morgan fingerprint density at radius 3 is 2.52 bits per heavy atom. The number of furan rings is 1. The molecule has 0 aliphatic rings. The molecule has 0 aliphatic heterocycles. The second kappa shape index (κ2) is 6.51. The van der Waals surface area contributed by atoms with Gasteiger partial charge in [-0.25, -0.2) is 4.39 Å². The molecule has 2 aromatic rings. The van der Waals surface area contributed by atoms with Crippen LogP contribution in [0.4, 0.5) is 4.39 Å². The van der Waals surface area contributed by atoms with Crippen LogP contribution in [0.25, 0.3) is 6.08 Å². The summed E-state index contributed by atoms with van der Waals surface area (Å²) in [5.74, 6) is -0.867. The largest absolute Gasteiger partial charge is 0.454 e. The van der Waals surface area contributed by atoms with Gasteiger partial charge in [-0.05, 0) is 35.9 Å². The predicted octanol–water partition coefficient (Wildman–Crippen LogP) is 1.85. The minimum absolute atomic E-state index is 0.0427. The topological polar surface area (TPSA) is 85.3 Å². The average molecular weight is 288 g/mol. The van der Waals surface area contributed by atoms with Crippen LogP contribution >= 0.6 is 0 Å². The lowest BCUT2D eigenvalue weighted by molar-refractivity contribution is -0.116. The van der Waals surface area contributed by atoms with Crippen molar-refractivity contribution in [2.24, 2.45) is 5.73 Å². The monoisotopic (exact) mass is 288 g/mol. The van der Waals surface area contributed by atoms with Gasteiger partial charge in [-0.3, -0.25) is 9.59 Å². The fourth-order valence-corrected chi connectivity index (χ4v) is 1.58. The molecular formula is C15H13FN2O3. The van der Waals surface area contributed by atoms with Crippen molar-refractivity contribution >= 4 is 17.9 Å². The van der Waals surface area contributed by atoms with Crippen LogP contribution < -0.4 is 11.1 Å². The highest BCUT2D eigenvalue weighted by atomic mass is 19.1. The van der Waals surface area contributed by atoms with Gasteiger partial charge in [0.1, 0.15) is 11.6 Å². The third-order valence-corrected chi connectivity index (χ3v) is 2.64. The summed E-state index contributed by atoms with van der Waals surface area (Å²) in [7, 11) is 0. The first-order chi connectivity index (χ1) is 10.0. The lowest BCUT2D eigenvalue weighted by Gasteiger charge is -1.99. The Morgan fingerprint density at radius 2 is 1.90 bits per heavy atom. The molecule has 21 heavy (non-hydrogen) atoms. The third kappa shape index (κ3) is 4.31. The van der Waals surface area contributed by atoms with Gasteiger partial charge >= 0.3 is 0 Å². The SMILES string of the molecule is NC(=O)c1ccc(CNC(=O)/C=C/c2ccc(F)cc2)o1. The minimum atomic E-state index is -0.663. The Hall–Kier alpha value is -2.89. The second-order valence-corrected chi connectivity index (χ2v) is 4.23. The van der Waals surface area contributed by atoms with Crippen molar-refractivity contribution < 1.29 is 18.4 Å². The molecule has 2 amide bonds. The lowest BCUT2D eigenvalue weighted by atomic mass is 10.2. The summed E-state index contributed by atoms with van der Waals surface area (Å²) in [4.78, 5) is 22.4. The summed E-state index contributed by atoms with van der Waals surface area (Å²) >= 11 is 0. The van der Waals surface area contributed by atoms with Crippen LogP contribution in [0.2, 0.25) is 0 Å². The van der Waals surface area contributed by atoms with E-state index >= 15 is 0 Å². The van der Waals surface area contributed by atoms with E-state index in [1.807, 2.05) is 0 Å². The Morgan fingerprint density at radius 1 is 1.19 bits per heavy atom. The van der Waals surface area contributed by atoms with Crippen molar-refractivity contribution in [1.29, 1.82) is 0 Å². The van der Waals surface area contributed by atoms with Crippen LogP contribution in [0.15, 0.2) is 46.9 Å². The van der Waals surface area contributed by atoms with Gasteiger partial charge < -0.3 is 15.5 Å². The van der Waals surface area contributed by atoms with Gasteiger partial charge in [0.25, 0.3) is 5.91 Å². The molecule has 108 valence electrons. The van der Waals surface area contributed by atoms with Crippen molar-refractivity contribution in [1.82, 2.24) is 5.32 Å². The van der Waals surface area contributed by atoms with Gasteiger partial charge in [0, 0.05) is 6.08 Å². The van der Waals surface area contributed by atoms with E-state index in [9.17, 15) is 14.0 Å². The zero-order valence-electron chi connectivity index (χ0n) is 11.0. The zero-order chi connectivity index (χ0) is 15.2. The summed E-state index contributed by atoms with van der Waals surface area (Å²) in [6.07, 6.45) is 2.89. The molecule has 3 N–H and O–H groups in total. The van der Waals surface area contributed by atoms with Crippen molar-refractivity contribution in [3.63, 3.8) is 0 Å². The van der Waals surface area contributed by atoms with Gasteiger partial charge in [0.05, 0.1) is 6.54 Å². The molecule has 0 fully saturated rings. The molecule has 0 atom stereocenters. The molecule has 1 aromatic carbocycles. The van der Waals surface area contributed by atoms with Crippen LogP contribution in [-0.4, -0.2) is 11.8 Å². The van der Waals surface area contributed by atoms with Gasteiger partial charge in [0.2, 0.25) is 5.91 Å². The maximum Gasteiger partial charge on any atom is 0.284 e. The fourth-order valence-electron chi connectivity index (χ4n) is 1.58. The summed E-state index contributed by atoms with van der Waals surface area (Å²) in [6, 6.07) is 8.75. The highest BCUT2D eigenvalue weighted by molar-refractivity contribution is 5.91. The molecule has 1 aromatic heterocycles. The van der Waals surface area contributed by atoms with Crippen LogP contribution in [-0.2, 0) is 11.3 Å². The maximum absolute atomic E-state index is 12.7. The van der Waals surface area contributed by atoms with Crippen molar-refractivity contribution in [2.75, 3.05) is 0 Å². The van der Waals surface area contributed by atoms with E-state index in [2.05, 4.69) is 5.32 Å². The van der Waals surface area contributed by atoms with Crippen molar-refractivity contribution in [2.45, 2.75) is 6.54 Å². The molecule has 0 radical (unpaired) electrons. The van der Waals surface area contributed by atoms with Crippen LogP contribution in [0.1, 0.15) is 21.9 Å². The molecule has 0 saturated carbocycles. The number of hydrogen-bond donors (Lipinski definition) is 2. The first-order valence-electron chi connectivity index (χ1n) is 6.14. The number of hydrogen-bond acceptors (Lipinski definition) is 3. The number of benzene rings is 1. The Kier molecular flexibility index (Phi) is 4.50. The molecule has 1 heterocycles. The number of halogens is 1. The van der Waals surface area contributed by atoms with Crippen LogP contribution in [0.5, 0.6) is 0 Å². The Balaban J connectivity index is 1.86. The molecule has 0 saturated heterocycles. The summed E-state index contributed by atoms with van der Waals surface area (Å²) in [5, 5.41) is 2.59. The fraction of sp³-hybridized carbons (Fsp3) is 0.0667. The van der Waals surface area contributed by atoms with Crippen molar-refractivity contribution in [3.8, 4) is 0 Å². The first-order valence-corrected chi connectivity index (χ1v) is 6.14. The van der Waals surface area contributed by atoms with E-state index in [0.29, 0.717) is 11.3 Å². The molecule has 0 spiro atoms. The number of primary amides is 1. The van der Waals surface area contributed by atoms with Crippen LogP contribution in [0.3, 0.4) is 0 Å². The van der Waals surface area contributed by atoms with E-state index in [4.69, 9.17) is 10.2 Å². The minimum Gasteiger partial charge on any atom is -0.454 e. The average Bonchev–Trinajstić information content (AvgIpc) is 2.93. The predicted molar refractivity (Wildman–Crippen MR) is 74.5 cm³/mol. The van der Waals surface area contributed by atoms with Crippen LogP contribution in [0, 0.1) is 5.82 Å². The molecule has 6 heteroatoms. The Labute approximate surface area is 120 Å².